The second kappa shape index (κ2) is 10.9. The van der Waals surface area contributed by atoms with Gasteiger partial charge in [0.2, 0.25) is 5.91 Å². The Morgan fingerprint density at radius 1 is 1.00 bits per heavy atom. The number of hydrogen-bond donors (Lipinski definition) is 2. The maximum atomic E-state index is 12.8. The lowest BCUT2D eigenvalue weighted by Gasteiger charge is -2.12. The molecule has 172 valence electrons. The van der Waals surface area contributed by atoms with Crippen LogP contribution in [-0.4, -0.2) is 22.0 Å². The molecule has 0 bridgehead atoms. The molecule has 0 spiro atoms. The van der Waals surface area contributed by atoms with Gasteiger partial charge in [0.05, 0.1) is 10.9 Å². The van der Waals surface area contributed by atoms with E-state index in [-0.39, 0.29) is 17.1 Å². The van der Waals surface area contributed by atoms with E-state index >= 15 is 0 Å². The van der Waals surface area contributed by atoms with Gasteiger partial charge in [0.1, 0.15) is 0 Å². The molecular formula is C26H22ClN3O2S2. The van der Waals surface area contributed by atoms with E-state index in [1.807, 2.05) is 86.0 Å². The van der Waals surface area contributed by atoms with Gasteiger partial charge in [-0.05, 0) is 49.7 Å². The number of thiazole rings is 1. The number of nitrogens with one attached hydrogen (secondary N) is 2. The van der Waals surface area contributed by atoms with Gasteiger partial charge in [-0.15, -0.1) is 23.1 Å². The molecule has 2 N–H and O–H groups in total. The van der Waals surface area contributed by atoms with Crippen LogP contribution in [0.4, 0.5) is 10.8 Å². The Bertz CT molecular complexity index is 1340. The standard InChI is InChI=1S/C26H22ClN3O2S2/c1-16-8-3-4-11-20(16)25(32)28-18-9-7-10-19(14-18)34-17(2)24(31)30-26-29-23(15-33-26)21-12-5-6-13-22(21)27/h3-15,17H,1-2H3,(H,28,32)(H,29,30,31). The van der Waals surface area contributed by atoms with E-state index in [9.17, 15) is 9.59 Å². The van der Waals surface area contributed by atoms with Crippen LogP contribution in [-0.2, 0) is 4.79 Å². The number of thioether (sulfide) groups is 1. The topological polar surface area (TPSA) is 71.1 Å². The Morgan fingerprint density at radius 3 is 2.56 bits per heavy atom. The smallest absolute Gasteiger partial charge is 0.255 e. The molecule has 1 heterocycles. The van der Waals surface area contributed by atoms with Crippen molar-refractivity contribution in [2.45, 2.75) is 24.0 Å². The third kappa shape index (κ3) is 5.86. The van der Waals surface area contributed by atoms with E-state index in [4.69, 9.17) is 11.6 Å². The minimum absolute atomic E-state index is 0.153. The quantitative estimate of drug-likeness (QED) is 0.261. The lowest BCUT2D eigenvalue weighted by molar-refractivity contribution is -0.115. The minimum atomic E-state index is -0.366. The number of benzene rings is 3. The van der Waals surface area contributed by atoms with Gasteiger partial charge in [-0.25, -0.2) is 4.98 Å². The second-order valence-electron chi connectivity index (χ2n) is 7.56. The van der Waals surface area contributed by atoms with Crippen molar-refractivity contribution in [3.63, 3.8) is 0 Å². The number of nitrogens with zero attached hydrogens (tertiary/aromatic N) is 1. The molecule has 8 heteroatoms. The van der Waals surface area contributed by atoms with Crippen molar-refractivity contribution in [1.29, 1.82) is 0 Å². The molecule has 0 saturated carbocycles. The number of amides is 2. The molecule has 4 aromatic rings. The molecule has 4 rings (SSSR count). The normalized spacial score (nSPS) is 11.6. The first kappa shape index (κ1) is 24.0. The van der Waals surface area contributed by atoms with Crippen molar-refractivity contribution >= 4 is 57.3 Å². The van der Waals surface area contributed by atoms with Crippen LogP contribution in [0.3, 0.4) is 0 Å². The summed E-state index contributed by atoms with van der Waals surface area (Å²) in [4.78, 5) is 30.7. The van der Waals surface area contributed by atoms with Gasteiger partial charge in [-0.2, -0.15) is 0 Å². The fraction of sp³-hybridized carbons (Fsp3) is 0.115. The van der Waals surface area contributed by atoms with Gasteiger partial charge in [0.25, 0.3) is 5.91 Å². The van der Waals surface area contributed by atoms with E-state index in [2.05, 4.69) is 15.6 Å². The highest BCUT2D eigenvalue weighted by atomic mass is 35.5. The average Bonchev–Trinajstić information content (AvgIpc) is 3.28. The maximum absolute atomic E-state index is 12.8. The van der Waals surface area contributed by atoms with Gasteiger partial charge in [-0.1, -0.05) is 54.1 Å². The summed E-state index contributed by atoms with van der Waals surface area (Å²) in [5, 5.41) is 8.45. The number of aromatic nitrogens is 1. The largest absolute Gasteiger partial charge is 0.322 e. The van der Waals surface area contributed by atoms with Crippen LogP contribution in [0.5, 0.6) is 0 Å². The lowest BCUT2D eigenvalue weighted by Crippen LogP contribution is -2.22. The zero-order valence-electron chi connectivity index (χ0n) is 18.5. The third-order valence-corrected chi connectivity index (χ3v) is 7.23. The molecule has 3 aromatic carbocycles. The molecular weight excluding hydrogens is 486 g/mol. The molecule has 0 aliphatic carbocycles. The molecule has 0 saturated heterocycles. The van der Waals surface area contributed by atoms with E-state index in [0.29, 0.717) is 21.4 Å². The zero-order chi connectivity index (χ0) is 24.1. The van der Waals surface area contributed by atoms with Crippen molar-refractivity contribution in [2.24, 2.45) is 0 Å². The average molecular weight is 508 g/mol. The van der Waals surface area contributed by atoms with Crippen molar-refractivity contribution in [2.75, 3.05) is 10.6 Å². The van der Waals surface area contributed by atoms with Crippen molar-refractivity contribution in [1.82, 2.24) is 4.98 Å². The molecule has 1 unspecified atom stereocenters. The fourth-order valence-corrected chi connectivity index (χ4v) is 5.13. The number of anilines is 2. The summed E-state index contributed by atoms with van der Waals surface area (Å²) < 4.78 is 0. The summed E-state index contributed by atoms with van der Waals surface area (Å²) in [6.45, 7) is 3.74. The van der Waals surface area contributed by atoms with Crippen LogP contribution in [0, 0.1) is 6.92 Å². The Morgan fingerprint density at radius 2 is 1.76 bits per heavy atom. The van der Waals surface area contributed by atoms with E-state index in [1.165, 1.54) is 23.1 Å². The van der Waals surface area contributed by atoms with Gasteiger partial charge in [-0.3, -0.25) is 9.59 Å². The Balaban J connectivity index is 1.38. The summed E-state index contributed by atoms with van der Waals surface area (Å²) in [6, 6.07) is 22.4. The predicted octanol–water partition coefficient (Wildman–Crippen LogP) is 7.14. The zero-order valence-corrected chi connectivity index (χ0v) is 20.9. The van der Waals surface area contributed by atoms with E-state index < -0.39 is 0 Å². The van der Waals surface area contributed by atoms with Crippen molar-refractivity contribution in [3.05, 3.63) is 94.3 Å². The number of carbonyl (C=O) groups is 2. The molecule has 1 atom stereocenters. The third-order valence-electron chi connectivity index (χ3n) is 5.05. The summed E-state index contributed by atoms with van der Waals surface area (Å²) in [5.41, 5.74) is 3.77. The lowest BCUT2D eigenvalue weighted by atomic mass is 10.1. The fourth-order valence-electron chi connectivity index (χ4n) is 3.26. The Labute approximate surface area is 211 Å². The van der Waals surface area contributed by atoms with Crippen molar-refractivity contribution in [3.8, 4) is 11.3 Å². The predicted molar refractivity (Wildman–Crippen MR) is 142 cm³/mol. The highest BCUT2D eigenvalue weighted by Crippen LogP contribution is 2.31. The Kier molecular flexibility index (Phi) is 7.67. The molecule has 2 amide bonds. The first-order valence-corrected chi connectivity index (χ1v) is 12.7. The molecule has 1 aromatic heterocycles. The SMILES string of the molecule is Cc1ccccc1C(=O)Nc1cccc(SC(C)C(=O)Nc2nc(-c3ccccc3Cl)cs2)c1. The van der Waals surface area contributed by atoms with Crippen LogP contribution < -0.4 is 10.6 Å². The van der Waals surface area contributed by atoms with E-state index in [1.54, 1.807) is 6.07 Å². The van der Waals surface area contributed by atoms with Gasteiger partial charge < -0.3 is 10.6 Å². The number of hydrogen-bond acceptors (Lipinski definition) is 5. The molecule has 5 nitrogen and oxygen atoms in total. The van der Waals surface area contributed by atoms with Crippen LogP contribution in [0.25, 0.3) is 11.3 Å². The molecule has 0 aliphatic heterocycles. The number of rotatable bonds is 7. The molecule has 0 radical (unpaired) electrons. The van der Waals surface area contributed by atoms with Gasteiger partial charge >= 0.3 is 0 Å². The van der Waals surface area contributed by atoms with Gasteiger partial charge in [0.15, 0.2) is 5.13 Å². The summed E-state index contributed by atoms with van der Waals surface area (Å²) >= 11 is 9.01. The molecule has 0 aliphatic rings. The highest BCUT2D eigenvalue weighted by molar-refractivity contribution is 8.00. The second-order valence-corrected chi connectivity index (χ2v) is 10.2. The van der Waals surface area contributed by atoms with Crippen LogP contribution in [0.1, 0.15) is 22.8 Å². The number of carbonyl (C=O) groups excluding carboxylic acids is 2. The first-order valence-electron chi connectivity index (χ1n) is 10.6. The van der Waals surface area contributed by atoms with Crippen LogP contribution in [0.2, 0.25) is 5.02 Å². The summed E-state index contributed by atoms with van der Waals surface area (Å²) in [5.74, 6) is -0.316. The van der Waals surface area contributed by atoms with Gasteiger partial charge in [0, 0.05) is 32.1 Å². The summed E-state index contributed by atoms with van der Waals surface area (Å²) in [6.07, 6.45) is 0. The minimum Gasteiger partial charge on any atom is -0.322 e. The number of aryl methyl sites for hydroxylation is 1. The molecule has 34 heavy (non-hydrogen) atoms. The number of halogens is 1. The summed E-state index contributed by atoms with van der Waals surface area (Å²) in [7, 11) is 0. The van der Waals surface area contributed by atoms with Crippen molar-refractivity contribution < 1.29 is 9.59 Å². The highest BCUT2D eigenvalue weighted by Gasteiger charge is 2.17. The molecule has 0 fully saturated rings. The van der Waals surface area contributed by atoms with E-state index in [0.717, 1.165) is 21.7 Å². The Hall–Kier alpha value is -3.13. The van der Waals surface area contributed by atoms with Crippen LogP contribution in [0.15, 0.2) is 83.1 Å². The monoisotopic (exact) mass is 507 g/mol. The van der Waals surface area contributed by atoms with Crippen LogP contribution >= 0.6 is 34.7 Å². The maximum Gasteiger partial charge on any atom is 0.255 e. The first-order chi connectivity index (χ1) is 16.4.